The first-order valence-corrected chi connectivity index (χ1v) is 12.3. The molecule has 0 spiro atoms. The van der Waals surface area contributed by atoms with Crippen molar-refractivity contribution in [1.29, 1.82) is 0 Å². The second kappa shape index (κ2) is 8.26. The number of aromatic nitrogens is 1. The van der Waals surface area contributed by atoms with Crippen molar-refractivity contribution in [3.05, 3.63) is 57.9 Å². The molecule has 0 N–H and O–H groups in total. The van der Waals surface area contributed by atoms with Crippen molar-refractivity contribution in [2.45, 2.75) is 24.7 Å². The third kappa shape index (κ3) is 4.09. The highest BCUT2D eigenvalue weighted by Crippen LogP contribution is 2.25. The van der Waals surface area contributed by atoms with Crippen LogP contribution in [0.4, 0.5) is 0 Å². The maximum Gasteiger partial charge on any atom is 0.251 e. The van der Waals surface area contributed by atoms with Gasteiger partial charge in [0.15, 0.2) is 4.80 Å². The molecule has 1 saturated heterocycles. The SMILES string of the molecule is Cc1ccc2c(c1)sc(=NC(=O)C1CCN(S(=O)(=O)c3ccc(Cl)cc3)CC1)n2C. The molecule has 30 heavy (non-hydrogen) atoms. The predicted octanol–water partition coefficient (Wildman–Crippen LogP) is 3.73. The average Bonchev–Trinajstić information content (AvgIpc) is 3.03. The molecule has 6 nitrogen and oxygen atoms in total. The number of halogens is 1. The molecule has 0 aliphatic carbocycles. The maximum atomic E-state index is 12.8. The minimum atomic E-state index is -3.58. The smallest absolute Gasteiger partial charge is 0.251 e. The van der Waals surface area contributed by atoms with Gasteiger partial charge in [-0.1, -0.05) is 29.0 Å². The van der Waals surface area contributed by atoms with Gasteiger partial charge in [-0.25, -0.2) is 8.42 Å². The van der Waals surface area contributed by atoms with Crippen LogP contribution < -0.4 is 4.80 Å². The van der Waals surface area contributed by atoms with Crippen molar-refractivity contribution in [2.24, 2.45) is 18.0 Å². The molecule has 1 aliphatic heterocycles. The van der Waals surface area contributed by atoms with E-state index in [4.69, 9.17) is 11.6 Å². The first-order valence-electron chi connectivity index (χ1n) is 9.66. The van der Waals surface area contributed by atoms with Crippen LogP contribution in [0, 0.1) is 12.8 Å². The van der Waals surface area contributed by atoms with Crippen molar-refractivity contribution >= 4 is 49.1 Å². The van der Waals surface area contributed by atoms with Gasteiger partial charge in [0.25, 0.3) is 5.91 Å². The molecule has 0 atom stereocenters. The Morgan fingerprint density at radius 3 is 2.47 bits per heavy atom. The number of carbonyl (C=O) groups excluding carboxylic acids is 1. The van der Waals surface area contributed by atoms with E-state index >= 15 is 0 Å². The highest BCUT2D eigenvalue weighted by Gasteiger charge is 2.32. The van der Waals surface area contributed by atoms with E-state index < -0.39 is 10.0 Å². The normalized spacial score (nSPS) is 17.0. The van der Waals surface area contributed by atoms with E-state index in [2.05, 4.69) is 11.1 Å². The number of thiazole rings is 1. The summed E-state index contributed by atoms with van der Waals surface area (Å²) in [5.41, 5.74) is 2.21. The zero-order chi connectivity index (χ0) is 21.5. The second-order valence-corrected chi connectivity index (χ2v) is 10.9. The van der Waals surface area contributed by atoms with Gasteiger partial charge in [0, 0.05) is 31.1 Å². The number of nitrogens with zero attached hydrogens (tertiary/aromatic N) is 3. The molecule has 1 fully saturated rings. The molecule has 2 heterocycles. The van der Waals surface area contributed by atoms with Crippen molar-refractivity contribution in [3.8, 4) is 0 Å². The number of aryl methyl sites for hydroxylation is 2. The average molecular weight is 464 g/mol. The van der Waals surface area contributed by atoms with Gasteiger partial charge >= 0.3 is 0 Å². The molecule has 0 bridgehead atoms. The molecule has 0 saturated carbocycles. The third-order valence-corrected chi connectivity index (χ3v) is 8.68. The fraction of sp³-hybridized carbons (Fsp3) is 0.333. The quantitative estimate of drug-likeness (QED) is 0.594. The number of rotatable bonds is 3. The van der Waals surface area contributed by atoms with Crippen LogP contribution in [0.2, 0.25) is 5.02 Å². The number of carbonyl (C=O) groups is 1. The van der Waals surface area contributed by atoms with Crippen LogP contribution >= 0.6 is 22.9 Å². The summed E-state index contributed by atoms with van der Waals surface area (Å²) in [5.74, 6) is -0.453. The van der Waals surface area contributed by atoms with Crippen LogP contribution in [0.3, 0.4) is 0 Å². The Morgan fingerprint density at radius 1 is 1.13 bits per heavy atom. The Bertz CT molecular complexity index is 1270. The maximum absolute atomic E-state index is 12.8. The zero-order valence-electron chi connectivity index (χ0n) is 16.7. The summed E-state index contributed by atoms with van der Waals surface area (Å²) < 4.78 is 30.1. The predicted molar refractivity (Wildman–Crippen MR) is 119 cm³/mol. The Balaban J connectivity index is 1.49. The van der Waals surface area contributed by atoms with E-state index in [-0.39, 0.29) is 16.7 Å². The van der Waals surface area contributed by atoms with Crippen molar-refractivity contribution in [2.75, 3.05) is 13.1 Å². The summed E-state index contributed by atoms with van der Waals surface area (Å²) in [4.78, 5) is 18.0. The first-order chi connectivity index (χ1) is 14.3. The number of hydrogen-bond acceptors (Lipinski definition) is 4. The molecule has 4 rings (SSSR count). The van der Waals surface area contributed by atoms with Gasteiger partial charge in [0.2, 0.25) is 10.0 Å². The summed E-state index contributed by atoms with van der Waals surface area (Å²) in [5, 5.41) is 0.490. The van der Waals surface area contributed by atoms with E-state index in [1.807, 2.05) is 30.7 Å². The standard InChI is InChI=1S/C21H22ClN3O3S2/c1-14-3-8-18-19(13-14)29-21(24(18)2)23-20(26)15-9-11-25(12-10-15)30(27,28)17-6-4-16(22)5-7-17/h3-8,13,15H,9-12H2,1-2H3. The van der Waals surface area contributed by atoms with E-state index in [0.717, 1.165) is 15.8 Å². The van der Waals surface area contributed by atoms with E-state index in [9.17, 15) is 13.2 Å². The molecule has 3 aromatic rings. The minimum absolute atomic E-state index is 0.183. The molecule has 2 aromatic carbocycles. The lowest BCUT2D eigenvalue weighted by Crippen LogP contribution is -2.40. The van der Waals surface area contributed by atoms with E-state index in [1.54, 1.807) is 12.1 Å². The Labute approximate surface area is 184 Å². The third-order valence-electron chi connectivity index (χ3n) is 5.43. The van der Waals surface area contributed by atoms with Gasteiger partial charge in [-0.05, 0) is 61.7 Å². The lowest BCUT2D eigenvalue weighted by atomic mass is 9.98. The molecule has 158 valence electrons. The lowest BCUT2D eigenvalue weighted by molar-refractivity contribution is -0.122. The van der Waals surface area contributed by atoms with Crippen LogP contribution in [0.25, 0.3) is 10.2 Å². The summed E-state index contributed by atoms with van der Waals surface area (Å²) >= 11 is 7.35. The molecule has 9 heteroatoms. The molecule has 0 radical (unpaired) electrons. The molecule has 1 amide bonds. The van der Waals surface area contributed by atoms with Gasteiger partial charge in [0.05, 0.1) is 15.1 Å². The van der Waals surface area contributed by atoms with Crippen LogP contribution in [0.5, 0.6) is 0 Å². The summed E-state index contributed by atoms with van der Waals surface area (Å²) in [6, 6.07) is 12.3. The van der Waals surface area contributed by atoms with E-state index in [1.165, 1.54) is 27.8 Å². The van der Waals surface area contributed by atoms with Gasteiger partial charge in [0.1, 0.15) is 0 Å². The second-order valence-electron chi connectivity index (χ2n) is 7.50. The number of piperidine rings is 1. The van der Waals surface area contributed by atoms with Crippen molar-refractivity contribution < 1.29 is 13.2 Å². The lowest BCUT2D eigenvalue weighted by Gasteiger charge is -2.29. The van der Waals surface area contributed by atoms with Crippen molar-refractivity contribution in [3.63, 3.8) is 0 Å². The monoisotopic (exact) mass is 463 g/mol. The minimum Gasteiger partial charge on any atom is -0.319 e. The van der Waals surface area contributed by atoms with Crippen LogP contribution in [-0.2, 0) is 21.9 Å². The van der Waals surface area contributed by atoms with E-state index in [0.29, 0.717) is 35.8 Å². The largest absolute Gasteiger partial charge is 0.319 e. The summed E-state index contributed by atoms with van der Waals surface area (Å²) in [6.45, 7) is 2.64. The summed E-state index contributed by atoms with van der Waals surface area (Å²) in [7, 11) is -1.68. The molecule has 1 aromatic heterocycles. The number of fused-ring (bicyclic) bond motifs is 1. The number of benzene rings is 2. The van der Waals surface area contributed by atoms with Crippen molar-refractivity contribution in [1.82, 2.24) is 8.87 Å². The zero-order valence-corrected chi connectivity index (χ0v) is 19.1. The highest BCUT2D eigenvalue weighted by atomic mass is 35.5. The fourth-order valence-electron chi connectivity index (χ4n) is 3.63. The molecular weight excluding hydrogens is 442 g/mol. The number of sulfonamides is 1. The fourth-order valence-corrected chi connectivity index (χ4v) is 6.35. The highest BCUT2D eigenvalue weighted by molar-refractivity contribution is 7.89. The number of amides is 1. The van der Waals surface area contributed by atoms with Crippen LogP contribution in [-0.4, -0.2) is 36.3 Å². The summed E-state index contributed by atoms with van der Waals surface area (Å²) in [6.07, 6.45) is 0.922. The Kier molecular flexibility index (Phi) is 5.85. The molecular formula is C21H22ClN3O3S2. The van der Waals surface area contributed by atoms with Crippen LogP contribution in [0.15, 0.2) is 52.4 Å². The van der Waals surface area contributed by atoms with Gasteiger partial charge in [-0.15, -0.1) is 0 Å². The topological polar surface area (TPSA) is 71.7 Å². The van der Waals surface area contributed by atoms with Gasteiger partial charge in [-0.3, -0.25) is 4.79 Å². The van der Waals surface area contributed by atoms with Gasteiger partial charge in [-0.2, -0.15) is 9.30 Å². The number of hydrogen-bond donors (Lipinski definition) is 0. The van der Waals surface area contributed by atoms with Gasteiger partial charge < -0.3 is 4.57 Å². The molecule has 0 unspecified atom stereocenters. The first kappa shape index (κ1) is 21.2. The Hall–Kier alpha value is -2.00. The molecule has 1 aliphatic rings. The van der Waals surface area contributed by atoms with Crippen LogP contribution in [0.1, 0.15) is 18.4 Å². The Morgan fingerprint density at radius 2 is 1.80 bits per heavy atom.